The Labute approximate surface area is 205 Å². The summed E-state index contributed by atoms with van der Waals surface area (Å²) in [7, 11) is 1.65. The predicted octanol–water partition coefficient (Wildman–Crippen LogP) is 5.23. The molecule has 34 heavy (non-hydrogen) atoms. The number of aromatic amines is 1. The summed E-state index contributed by atoms with van der Waals surface area (Å²) in [5, 5.41) is 5.00. The van der Waals surface area contributed by atoms with Crippen LogP contribution in [0.15, 0.2) is 77.6 Å². The summed E-state index contributed by atoms with van der Waals surface area (Å²) >= 11 is 5.78. The molecule has 1 aromatic heterocycles. The van der Waals surface area contributed by atoms with Gasteiger partial charge in [0.2, 0.25) is 0 Å². The molecule has 174 valence electrons. The lowest BCUT2D eigenvalue weighted by atomic mass is 10.0. The third-order valence-electron chi connectivity index (χ3n) is 5.86. The number of H-pyrrole nitrogens is 1. The van der Waals surface area contributed by atoms with Crippen molar-refractivity contribution in [2.45, 2.75) is 33.5 Å². The molecule has 4 rings (SSSR count). The molecule has 2 N–H and O–H groups in total. The number of hydrogen-bond acceptors (Lipinski definition) is 3. The Morgan fingerprint density at radius 2 is 1.71 bits per heavy atom. The van der Waals surface area contributed by atoms with Crippen molar-refractivity contribution in [3.05, 3.63) is 111 Å². The minimum atomic E-state index is -0.0944. The normalized spacial score (nSPS) is 10.8. The summed E-state index contributed by atoms with van der Waals surface area (Å²) in [6.07, 6.45) is 0. The van der Waals surface area contributed by atoms with Crippen molar-refractivity contribution >= 4 is 28.2 Å². The molecule has 0 bridgehead atoms. The first-order valence-corrected chi connectivity index (χ1v) is 11.7. The van der Waals surface area contributed by atoms with Gasteiger partial charge in [-0.05, 0) is 72.6 Å². The molecule has 0 radical (unpaired) electrons. The average Bonchev–Trinajstić information content (AvgIpc) is 2.84. The van der Waals surface area contributed by atoms with Gasteiger partial charge in [0, 0.05) is 29.6 Å². The third-order valence-corrected chi connectivity index (χ3v) is 6.26. The molecule has 5 nitrogen and oxygen atoms in total. The van der Waals surface area contributed by atoms with Gasteiger partial charge in [0.25, 0.3) is 5.56 Å². The largest absolute Gasteiger partial charge is 0.497 e. The van der Waals surface area contributed by atoms with E-state index in [1.165, 1.54) is 0 Å². The highest BCUT2D eigenvalue weighted by atomic mass is 32.1. The van der Waals surface area contributed by atoms with E-state index in [1.807, 2.05) is 66.4 Å². The van der Waals surface area contributed by atoms with Crippen LogP contribution in [0.5, 0.6) is 5.75 Å². The van der Waals surface area contributed by atoms with Gasteiger partial charge in [0.15, 0.2) is 5.11 Å². The molecule has 0 aliphatic rings. The van der Waals surface area contributed by atoms with Crippen LogP contribution >= 0.6 is 12.2 Å². The molecule has 3 aromatic carbocycles. The van der Waals surface area contributed by atoms with Gasteiger partial charge in [0.05, 0.1) is 13.7 Å². The number of thiocarbonyl (C=S) groups is 1. The van der Waals surface area contributed by atoms with E-state index in [0.29, 0.717) is 30.3 Å². The number of pyridine rings is 1. The van der Waals surface area contributed by atoms with Crippen molar-refractivity contribution in [3.8, 4) is 5.75 Å². The highest BCUT2D eigenvalue weighted by Crippen LogP contribution is 2.20. The lowest BCUT2D eigenvalue weighted by Crippen LogP contribution is -2.39. The summed E-state index contributed by atoms with van der Waals surface area (Å²) in [6.45, 7) is 5.68. The van der Waals surface area contributed by atoms with Gasteiger partial charge in [-0.3, -0.25) is 4.79 Å². The van der Waals surface area contributed by atoms with Gasteiger partial charge < -0.3 is 19.9 Å². The van der Waals surface area contributed by atoms with Crippen LogP contribution in [-0.2, 0) is 19.6 Å². The molecule has 0 fully saturated rings. The molecule has 1 heterocycles. The number of hydrogen-bond donors (Lipinski definition) is 2. The summed E-state index contributed by atoms with van der Waals surface area (Å²) in [5.41, 5.74) is 5.93. The number of fused-ring (bicyclic) bond motifs is 1. The smallest absolute Gasteiger partial charge is 0.253 e. The third kappa shape index (κ3) is 5.64. The van der Waals surface area contributed by atoms with E-state index in [1.54, 1.807) is 7.11 Å². The topological polar surface area (TPSA) is 57.4 Å². The van der Waals surface area contributed by atoms with Crippen LogP contribution in [0.3, 0.4) is 0 Å². The summed E-state index contributed by atoms with van der Waals surface area (Å²) < 4.78 is 5.28. The lowest BCUT2D eigenvalue weighted by Gasteiger charge is -2.26. The Morgan fingerprint density at radius 3 is 2.41 bits per heavy atom. The molecule has 0 saturated heterocycles. The highest BCUT2D eigenvalue weighted by Gasteiger charge is 2.15. The molecule has 4 aromatic rings. The number of benzene rings is 3. The van der Waals surface area contributed by atoms with Crippen LogP contribution in [0.2, 0.25) is 0 Å². The van der Waals surface area contributed by atoms with E-state index in [4.69, 9.17) is 17.0 Å². The number of rotatable bonds is 7. The standard InChI is InChI=1S/C28H29N3O2S/c1-19-13-20(2)25-15-23(27(32)30-26(25)14-19)18-31(17-22-9-11-24(33-3)12-10-22)28(34)29-16-21-7-5-4-6-8-21/h4-15H,16-18H2,1-3H3,(H,29,34)(H,30,32). The van der Waals surface area contributed by atoms with Crippen molar-refractivity contribution in [2.24, 2.45) is 0 Å². The first-order chi connectivity index (χ1) is 16.4. The van der Waals surface area contributed by atoms with Crippen molar-refractivity contribution < 1.29 is 4.74 Å². The molecule has 0 aliphatic carbocycles. The Bertz CT molecular complexity index is 1350. The number of ether oxygens (including phenoxy) is 1. The number of nitrogens with zero attached hydrogens (tertiary/aromatic N) is 1. The molecule has 0 amide bonds. The van der Waals surface area contributed by atoms with Crippen molar-refractivity contribution in [3.63, 3.8) is 0 Å². The van der Waals surface area contributed by atoms with Crippen LogP contribution in [0.4, 0.5) is 0 Å². The predicted molar refractivity (Wildman–Crippen MR) is 142 cm³/mol. The second kappa shape index (κ2) is 10.5. The van der Waals surface area contributed by atoms with Crippen LogP contribution in [-0.4, -0.2) is 22.1 Å². The second-order valence-corrected chi connectivity index (χ2v) is 8.90. The minimum absolute atomic E-state index is 0.0944. The fraction of sp³-hybridized carbons (Fsp3) is 0.214. The highest BCUT2D eigenvalue weighted by molar-refractivity contribution is 7.80. The Hall–Kier alpha value is -3.64. The molecule has 0 unspecified atom stereocenters. The molecule has 0 saturated carbocycles. The van der Waals surface area contributed by atoms with Gasteiger partial charge in [-0.25, -0.2) is 0 Å². The maximum absolute atomic E-state index is 13.0. The van der Waals surface area contributed by atoms with E-state index in [0.717, 1.165) is 38.9 Å². The second-order valence-electron chi connectivity index (χ2n) is 8.52. The summed E-state index contributed by atoms with van der Waals surface area (Å²) in [4.78, 5) is 18.1. The van der Waals surface area contributed by atoms with Crippen molar-refractivity contribution in [1.29, 1.82) is 0 Å². The molecule has 0 atom stereocenters. The van der Waals surface area contributed by atoms with Crippen LogP contribution in [0, 0.1) is 13.8 Å². The SMILES string of the molecule is COc1ccc(CN(Cc2cc3c(C)cc(C)cc3[nH]c2=O)C(=S)NCc2ccccc2)cc1. The average molecular weight is 472 g/mol. The fourth-order valence-electron chi connectivity index (χ4n) is 4.08. The maximum atomic E-state index is 13.0. The van der Waals surface area contributed by atoms with E-state index in [9.17, 15) is 4.79 Å². The van der Waals surface area contributed by atoms with E-state index in [2.05, 4.69) is 35.4 Å². The van der Waals surface area contributed by atoms with Crippen LogP contribution in [0.25, 0.3) is 10.9 Å². The number of aromatic nitrogens is 1. The van der Waals surface area contributed by atoms with Crippen LogP contribution in [0.1, 0.15) is 27.8 Å². The lowest BCUT2D eigenvalue weighted by molar-refractivity contribution is 0.395. The first kappa shape index (κ1) is 23.5. The number of aryl methyl sites for hydroxylation is 2. The molecule has 0 spiro atoms. The van der Waals surface area contributed by atoms with E-state index < -0.39 is 0 Å². The summed E-state index contributed by atoms with van der Waals surface area (Å²) in [6, 6.07) is 24.2. The van der Waals surface area contributed by atoms with Crippen molar-refractivity contribution in [1.82, 2.24) is 15.2 Å². The number of methoxy groups -OCH3 is 1. The van der Waals surface area contributed by atoms with Gasteiger partial charge in [-0.2, -0.15) is 0 Å². The quantitative estimate of drug-likeness (QED) is 0.362. The van der Waals surface area contributed by atoms with Gasteiger partial charge in [-0.15, -0.1) is 0 Å². The molecular formula is C28H29N3O2S. The summed E-state index contributed by atoms with van der Waals surface area (Å²) in [5.74, 6) is 0.803. The zero-order valence-electron chi connectivity index (χ0n) is 19.7. The maximum Gasteiger partial charge on any atom is 0.253 e. The molecule has 0 aliphatic heterocycles. The molecule has 6 heteroatoms. The minimum Gasteiger partial charge on any atom is -0.497 e. The zero-order valence-corrected chi connectivity index (χ0v) is 20.5. The molecular weight excluding hydrogens is 442 g/mol. The van der Waals surface area contributed by atoms with Gasteiger partial charge >= 0.3 is 0 Å². The van der Waals surface area contributed by atoms with E-state index >= 15 is 0 Å². The zero-order chi connectivity index (χ0) is 24.1. The van der Waals surface area contributed by atoms with E-state index in [-0.39, 0.29) is 5.56 Å². The monoisotopic (exact) mass is 471 g/mol. The fourth-order valence-corrected chi connectivity index (χ4v) is 4.28. The Morgan fingerprint density at radius 1 is 0.971 bits per heavy atom. The van der Waals surface area contributed by atoms with Gasteiger partial charge in [0.1, 0.15) is 5.75 Å². The Balaban J connectivity index is 1.61. The first-order valence-electron chi connectivity index (χ1n) is 11.3. The van der Waals surface area contributed by atoms with Gasteiger partial charge in [-0.1, -0.05) is 48.5 Å². The number of nitrogens with one attached hydrogen (secondary N) is 2. The Kier molecular flexibility index (Phi) is 7.28. The van der Waals surface area contributed by atoms with Crippen LogP contribution < -0.4 is 15.6 Å². The van der Waals surface area contributed by atoms with Crippen molar-refractivity contribution in [2.75, 3.05) is 7.11 Å².